The first kappa shape index (κ1) is 26.8. The van der Waals surface area contributed by atoms with E-state index in [1.165, 1.54) is 6.92 Å². The van der Waals surface area contributed by atoms with Crippen LogP contribution in [0.25, 0.3) is 0 Å². The van der Waals surface area contributed by atoms with E-state index in [-0.39, 0.29) is 12.2 Å². The van der Waals surface area contributed by atoms with E-state index < -0.39 is 80.3 Å². The second-order valence-electron chi connectivity index (χ2n) is 7.35. The molecule has 2 aliphatic rings. The number of rotatable bonds is 8. The number of esters is 1. The van der Waals surface area contributed by atoms with Gasteiger partial charge in [0.25, 0.3) is 5.79 Å². The van der Waals surface area contributed by atoms with Gasteiger partial charge in [-0.2, -0.15) is 0 Å². The molecule has 186 valence electrons. The molecule has 0 unspecified atom stereocenters. The van der Waals surface area contributed by atoms with Crippen molar-refractivity contribution in [1.29, 1.82) is 0 Å². The van der Waals surface area contributed by atoms with Crippen LogP contribution in [0.1, 0.15) is 13.8 Å². The standard InChI is InChI=1S/C18H30O14/c1-3-28-15(26)7(2)5-29-18(6-20)14(25)10(22)12(24)17(32-18)31-13-8(4-19)30-16(27)11(23)9(13)21/h5,8-14,16-17,19-25,27H,3-4,6H2,1-2H3/b7-5+/t8-,9-,10+,11-,12-,13-,14-,16-,17+,18-/m1/s1. The minimum Gasteiger partial charge on any atom is -0.464 e. The van der Waals surface area contributed by atoms with Crippen molar-refractivity contribution in [3.05, 3.63) is 11.8 Å². The Kier molecular flexibility index (Phi) is 9.33. The van der Waals surface area contributed by atoms with Gasteiger partial charge >= 0.3 is 5.97 Å². The summed E-state index contributed by atoms with van der Waals surface area (Å²) >= 11 is 0. The number of carbonyl (C=O) groups excluding carboxylic acids is 1. The number of ether oxygens (including phenoxy) is 5. The molecule has 32 heavy (non-hydrogen) atoms. The summed E-state index contributed by atoms with van der Waals surface area (Å²) < 4.78 is 25.7. The highest BCUT2D eigenvalue weighted by molar-refractivity contribution is 5.87. The van der Waals surface area contributed by atoms with Crippen molar-refractivity contribution in [3.8, 4) is 0 Å². The predicted octanol–water partition coefficient (Wildman–Crippen LogP) is -4.59. The zero-order valence-electron chi connectivity index (χ0n) is 17.4. The number of carbonyl (C=O) groups is 1. The number of aliphatic hydroxyl groups is 8. The third-order valence-corrected chi connectivity index (χ3v) is 5.10. The van der Waals surface area contributed by atoms with E-state index >= 15 is 0 Å². The molecule has 0 amide bonds. The Morgan fingerprint density at radius 2 is 1.69 bits per heavy atom. The maximum absolute atomic E-state index is 11.7. The Hall–Kier alpha value is -1.43. The second kappa shape index (κ2) is 11.1. The summed E-state index contributed by atoms with van der Waals surface area (Å²) in [5.74, 6) is -3.19. The normalized spacial score (nSPS) is 43.1. The lowest BCUT2D eigenvalue weighted by molar-refractivity contribution is -0.416. The molecular formula is C18H30O14. The van der Waals surface area contributed by atoms with E-state index in [1.54, 1.807) is 6.92 Å². The van der Waals surface area contributed by atoms with Gasteiger partial charge in [0.2, 0.25) is 0 Å². The SMILES string of the molecule is CCOC(=O)/C(C)=C/O[C@]1(CO)O[C@H](O[C@H]2[C@H](O)[C@@H](O)[C@H](O)O[C@@H]2CO)[C@H](O)[C@H](O)[C@H]1O. The van der Waals surface area contributed by atoms with Crippen LogP contribution in [0.4, 0.5) is 0 Å². The van der Waals surface area contributed by atoms with Crippen molar-refractivity contribution in [3.63, 3.8) is 0 Å². The van der Waals surface area contributed by atoms with E-state index in [0.29, 0.717) is 0 Å². The molecule has 2 heterocycles. The zero-order valence-corrected chi connectivity index (χ0v) is 17.4. The van der Waals surface area contributed by atoms with Gasteiger partial charge in [-0.25, -0.2) is 4.79 Å². The summed E-state index contributed by atoms with van der Waals surface area (Å²) in [5, 5.41) is 79.8. The average Bonchev–Trinajstić information content (AvgIpc) is 2.78. The zero-order chi connectivity index (χ0) is 24.2. The molecule has 0 aromatic heterocycles. The van der Waals surface area contributed by atoms with Crippen molar-refractivity contribution < 1.29 is 69.3 Å². The fourth-order valence-electron chi connectivity index (χ4n) is 3.19. The minimum absolute atomic E-state index is 0.0768. The Bertz CT molecular complexity index is 656. The van der Waals surface area contributed by atoms with Crippen molar-refractivity contribution in [1.82, 2.24) is 0 Å². The van der Waals surface area contributed by atoms with Gasteiger partial charge in [0.1, 0.15) is 43.2 Å². The molecule has 0 spiro atoms. The van der Waals surface area contributed by atoms with Crippen LogP contribution in [-0.2, 0) is 28.5 Å². The Morgan fingerprint density at radius 3 is 2.25 bits per heavy atom. The van der Waals surface area contributed by atoms with Crippen LogP contribution in [0.15, 0.2) is 11.8 Å². The van der Waals surface area contributed by atoms with Crippen LogP contribution in [0, 0.1) is 0 Å². The Labute approximate surface area is 182 Å². The molecule has 14 nitrogen and oxygen atoms in total. The summed E-state index contributed by atoms with van der Waals surface area (Å²) in [4.78, 5) is 11.7. The molecule has 0 aromatic rings. The van der Waals surface area contributed by atoms with Gasteiger partial charge in [-0.15, -0.1) is 0 Å². The van der Waals surface area contributed by atoms with Crippen molar-refractivity contribution in [2.24, 2.45) is 0 Å². The van der Waals surface area contributed by atoms with Gasteiger partial charge in [0.15, 0.2) is 18.7 Å². The molecule has 0 bridgehead atoms. The Balaban J connectivity index is 2.26. The third-order valence-electron chi connectivity index (χ3n) is 5.10. The van der Waals surface area contributed by atoms with Crippen LogP contribution in [0.3, 0.4) is 0 Å². The van der Waals surface area contributed by atoms with Gasteiger partial charge in [-0.3, -0.25) is 0 Å². The van der Waals surface area contributed by atoms with E-state index in [1.807, 2.05) is 0 Å². The lowest BCUT2D eigenvalue weighted by atomic mass is 9.95. The highest BCUT2D eigenvalue weighted by Crippen LogP contribution is 2.34. The molecule has 2 rings (SSSR count). The van der Waals surface area contributed by atoms with Gasteiger partial charge in [-0.05, 0) is 13.8 Å². The first-order chi connectivity index (χ1) is 15.0. The smallest absolute Gasteiger partial charge is 0.336 e. The highest BCUT2D eigenvalue weighted by Gasteiger charge is 2.57. The molecule has 2 aliphatic heterocycles. The van der Waals surface area contributed by atoms with Gasteiger partial charge in [-0.1, -0.05) is 0 Å². The van der Waals surface area contributed by atoms with Crippen LogP contribution in [-0.4, -0.2) is 128 Å². The lowest BCUT2D eigenvalue weighted by Gasteiger charge is -2.48. The topological polar surface area (TPSA) is 225 Å². The quantitative estimate of drug-likeness (QED) is 0.0949. The fraction of sp³-hybridized carbons (Fsp3) is 0.833. The fourth-order valence-corrected chi connectivity index (χ4v) is 3.19. The van der Waals surface area contributed by atoms with E-state index in [4.69, 9.17) is 23.7 Å². The first-order valence-corrected chi connectivity index (χ1v) is 9.83. The van der Waals surface area contributed by atoms with E-state index in [0.717, 1.165) is 6.26 Å². The maximum Gasteiger partial charge on any atom is 0.336 e. The largest absolute Gasteiger partial charge is 0.464 e. The van der Waals surface area contributed by atoms with Gasteiger partial charge < -0.3 is 64.5 Å². The molecule has 8 N–H and O–H groups in total. The average molecular weight is 470 g/mol. The van der Waals surface area contributed by atoms with Crippen LogP contribution >= 0.6 is 0 Å². The van der Waals surface area contributed by atoms with Crippen molar-refractivity contribution in [2.75, 3.05) is 19.8 Å². The summed E-state index contributed by atoms with van der Waals surface area (Å²) in [6, 6.07) is 0. The molecule has 0 aromatic carbocycles. The maximum atomic E-state index is 11.7. The van der Waals surface area contributed by atoms with Crippen molar-refractivity contribution in [2.45, 2.75) is 74.9 Å². The molecule has 14 heteroatoms. The van der Waals surface area contributed by atoms with E-state index in [9.17, 15) is 45.6 Å². The number of aliphatic hydroxyl groups excluding tert-OH is 8. The van der Waals surface area contributed by atoms with Gasteiger partial charge in [0, 0.05) is 0 Å². The summed E-state index contributed by atoms with van der Waals surface area (Å²) in [6.07, 6.45) is -15.5. The number of hydrogen-bond acceptors (Lipinski definition) is 14. The summed E-state index contributed by atoms with van der Waals surface area (Å²) in [6.45, 7) is 1.11. The lowest BCUT2D eigenvalue weighted by Crippen LogP contribution is -2.69. The van der Waals surface area contributed by atoms with E-state index in [2.05, 4.69) is 0 Å². The van der Waals surface area contributed by atoms with Gasteiger partial charge in [0.05, 0.1) is 25.0 Å². The molecule has 2 saturated heterocycles. The number of hydrogen-bond donors (Lipinski definition) is 8. The highest BCUT2D eigenvalue weighted by atomic mass is 16.8. The molecular weight excluding hydrogens is 440 g/mol. The first-order valence-electron chi connectivity index (χ1n) is 9.83. The molecule has 0 aliphatic carbocycles. The van der Waals surface area contributed by atoms with Crippen LogP contribution in [0.5, 0.6) is 0 Å². The van der Waals surface area contributed by atoms with Crippen LogP contribution < -0.4 is 0 Å². The minimum atomic E-state index is -2.43. The monoisotopic (exact) mass is 470 g/mol. The molecule has 10 atom stereocenters. The summed E-state index contributed by atoms with van der Waals surface area (Å²) in [5.41, 5.74) is -0.0814. The van der Waals surface area contributed by atoms with Crippen molar-refractivity contribution >= 4 is 5.97 Å². The van der Waals surface area contributed by atoms with Crippen LogP contribution in [0.2, 0.25) is 0 Å². The third kappa shape index (κ3) is 5.37. The Morgan fingerprint density at radius 1 is 1.03 bits per heavy atom. The second-order valence-corrected chi connectivity index (χ2v) is 7.35. The summed E-state index contributed by atoms with van der Waals surface area (Å²) in [7, 11) is 0. The molecule has 2 fully saturated rings. The predicted molar refractivity (Wildman–Crippen MR) is 99.0 cm³/mol. The molecule has 0 radical (unpaired) electrons. The molecule has 0 saturated carbocycles.